The second kappa shape index (κ2) is 6.64. The Labute approximate surface area is 124 Å². The van der Waals surface area contributed by atoms with E-state index in [0.717, 1.165) is 5.69 Å². The van der Waals surface area contributed by atoms with Gasteiger partial charge in [0.1, 0.15) is 5.82 Å². The summed E-state index contributed by atoms with van der Waals surface area (Å²) in [5, 5.41) is 2.99. The van der Waals surface area contributed by atoms with Crippen LogP contribution in [-0.4, -0.2) is 24.9 Å². The Morgan fingerprint density at radius 1 is 1.24 bits per heavy atom. The number of pyridine rings is 2. The number of aryl methyl sites for hydroxylation is 1. The smallest absolute Gasteiger partial charge is 0.241 e. The van der Waals surface area contributed by atoms with E-state index in [1.165, 1.54) is 18.3 Å². The van der Waals surface area contributed by atoms with Gasteiger partial charge in [0.2, 0.25) is 10.0 Å². The van der Waals surface area contributed by atoms with Crippen LogP contribution in [0.15, 0.2) is 41.4 Å². The molecule has 21 heavy (non-hydrogen) atoms. The first-order valence-electron chi connectivity index (χ1n) is 6.63. The number of anilines is 1. The van der Waals surface area contributed by atoms with Crippen LogP contribution in [0.25, 0.3) is 0 Å². The van der Waals surface area contributed by atoms with Crippen LogP contribution in [0, 0.1) is 6.92 Å². The van der Waals surface area contributed by atoms with Gasteiger partial charge in [0.15, 0.2) is 0 Å². The fourth-order valence-corrected chi connectivity index (χ4v) is 2.82. The lowest BCUT2D eigenvalue weighted by Crippen LogP contribution is -2.24. The van der Waals surface area contributed by atoms with Crippen LogP contribution >= 0.6 is 0 Å². The highest BCUT2D eigenvalue weighted by molar-refractivity contribution is 7.89. The molecule has 6 nitrogen and oxygen atoms in total. The predicted molar refractivity (Wildman–Crippen MR) is 81.4 cm³/mol. The molecule has 2 aromatic heterocycles. The molecule has 0 radical (unpaired) electrons. The van der Waals surface area contributed by atoms with E-state index in [1.807, 2.05) is 26.0 Å². The van der Waals surface area contributed by atoms with Gasteiger partial charge in [0.05, 0.1) is 17.1 Å². The molecule has 0 aliphatic heterocycles. The maximum Gasteiger partial charge on any atom is 0.241 e. The number of nitrogens with one attached hydrogen (secondary N) is 2. The molecule has 0 aliphatic rings. The van der Waals surface area contributed by atoms with E-state index in [2.05, 4.69) is 20.0 Å². The van der Waals surface area contributed by atoms with Crippen molar-refractivity contribution in [2.75, 3.05) is 11.9 Å². The van der Waals surface area contributed by atoms with Crippen molar-refractivity contribution >= 4 is 15.8 Å². The predicted octanol–water partition coefficient (Wildman–Crippen LogP) is 1.70. The monoisotopic (exact) mass is 306 g/mol. The molecule has 0 aliphatic carbocycles. The highest BCUT2D eigenvalue weighted by Gasteiger charge is 2.14. The normalized spacial score (nSPS) is 11.3. The topological polar surface area (TPSA) is 84.0 Å². The molecule has 2 rings (SSSR count). The molecule has 0 bridgehead atoms. The minimum absolute atomic E-state index is 0.156. The molecule has 112 valence electrons. The molecule has 2 N–H and O–H groups in total. The summed E-state index contributed by atoms with van der Waals surface area (Å²) in [5.41, 5.74) is 1.53. The van der Waals surface area contributed by atoms with Crippen molar-refractivity contribution in [3.63, 3.8) is 0 Å². The van der Waals surface area contributed by atoms with Crippen LogP contribution in [0.3, 0.4) is 0 Å². The van der Waals surface area contributed by atoms with Gasteiger partial charge in [-0.15, -0.1) is 0 Å². The van der Waals surface area contributed by atoms with Crippen molar-refractivity contribution in [1.29, 1.82) is 0 Å². The van der Waals surface area contributed by atoms with Gasteiger partial charge < -0.3 is 5.32 Å². The zero-order valence-electron chi connectivity index (χ0n) is 12.0. The van der Waals surface area contributed by atoms with E-state index in [9.17, 15) is 8.42 Å². The van der Waals surface area contributed by atoms with Gasteiger partial charge >= 0.3 is 0 Å². The van der Waals surface area contributed by atoms with Crippen LogP contribution < -0.4 is 10.0 Å². The highest BCUT2D eigenvalue weighted by atomic mass is 32.2. The SMILES string of the molecule is CCNc1cc(S(=O)(=O)NCc2cccc(C)n2)ccn1. The zero-order chi connectivity index (χ0) is 15.3. The van der Waals surface area contributed by atoms with Gasteiger partial charge in [-0.2, -0.15) is 0 Å². The molecule has 0 atom stereocenters. The number of rotatable bonds is 6. The van der Waals surface area contributed by atoms with E-state index in [-0.39, 0.29) is 11.4 Å². The maximum absolute atomic E-state index is 12.3. The lowest BCUT2D eigenvalue weighted by atomic mass is 10.3. The van der Waals surface area contributed by atoms with Crippen molar-refractivity contribution in [1.82, 2.24) is 14.7 Å². The molecule has 0 spiro atoms. The van der Waals surface area contributed by atoms with Crippen LogP contribution in [0.5, 0.6) is 0 Å². The summed E-state index contributed by atoms with van der Waals surface area (Å²) in [7, 11) is -3.58. The Morgan fingerprint density at radius 2 is 2.05 bits per heavy atom. The Kier molecular flexibility index (Phi) is 4.87. The number of nitrogens with zero attached hydrogens (tertiary/aromatic N) is 2. The lowest BCUT2D eigenvalue weighted by molar-refractivity contribution is 0.580. The standard InChI is InChI=1S/C14H18N4O2S/c1-3-15-14-9-13(7-8-16-14)21(19,20)17-10-12-6-4-5-11(2)18-12/h4-9,17H,3,10H2,1-2H3,(H,15,16). The largest absolute Gasteiger partial charge is 0.370 e. The van der Waals surface area contributed by atoms with E-state index in [4.69, 9.17) is 0 Å². The van der Waals surface area contributed by atoms with Gasteiger partial charge in [-0.1, -0.05) is 6.07 Å². The Bertz CT molecular complexity index is 716. The number of hydrogen-bond donors (Lipinski definition) is 2. The summed E-state index contributed by atoms with van der Waals surface area (Å²) >= 11 is 0. The fourth-order valence-electron chi connectivity index (χ4n) is 1.81. The molecule has 0 amide bonds. The molecule has 0 fully saturated rings. The Balaban J connectivity index is 2.13. The van der Waals surface area contributed by atoms with Gasteiger partial charge in [-0.25, -0.2) is 18.1 Å². The lowest BCUT2D eigenvalue weighted by Gasteiger charge is -2.08. The third-order valence-electron chi connectivity index (χ3n) is 2.79. The third kappa shape index (κ3) is 4.24. The van der Waals surface area contributed by atoms with Crippen LogP contribution in [-0.2, 0) is 16.6 Å². The first-order valence-corrected chi connectivity index (χ1v) is 8.11. The van der Waals surface area contributed by atoms with Gasteiger partial charge in [-0.05, 0) is 32.0 Å². The average Bonchev–Trinajstić information content (AvgIpc) is 2.46. The molecular weight excluding hydrogens is 288 g/mol. The molecular formula is C14H18N4O2S. The minimum Gasteiger partial charge on any atom is -0.370 e. The summed E-state index contributed by atoms with van der Waals surface area (Å²) in [6.07, 6.45) is 1.47. The molecule has 0 saturated carbocycles. The van der Waals surface area contributed by atoms with Crippen molar-refractivity contribution < 1.29 is 8.42 Å². The highest BCUT2D eigenvalue weighted by Crippen LogP contribution is 2.13. The summed E-state index contributed by atoms with van der Waals surface area (Å²) in [6.45, 7) is 4.62. The van der Waals surface area contributed by atoms with E-state index >= 15 is 0 Å². The second-order valence-electron chi connectivity index (χ2n) is 4.50. The van der Waals surface area contributed by atoms with Crippen molar-refractivity contribution in [2.45, 2.75) is 25.3 Å². The van der Waals surface area contributed by atoms with Crippen LogP contribution in [0.2, 0.25) is 0 Å². The van der Waals surface area contributed by atoms with Crippen molar-refractivity contribution in [3.05, 3.63) is 47.9 Å². The maximum atomic E-state index is 12.3. The van der Waals surface area contributed by atoms with Gasteiger partial charge in [0.25, 0.3) is 0 Å². The zero-order valence-corrected chi connectivity index (χ0v) is 12.8. The van der Waals surface area contributed by atoms with E-state index in [1.54, 1.807) is 6.07 Å². The van der Waals surface area contributed by atoms with Crippen LogP contribution in [0.1, 0.15) is 18.3 Å². The molecule has 7 heteroatoms. The molecule has 0 saturated heterocycles. The number of sulfonamides is 1. The Hall–Kier alpha value is -1.99. The molecule has 2 heterocycles. The van der Waals surface area contributed by atoms with Crippen molar-refractivity contribution in [2.24, 2.45) is 0 Å². The number of aromatic nitrogens is 2. The van der Waals surface area contributed by atoms with Crippen molar-refractivity contribution in [3.8, 4) is 0 Å². The van der Waals surface area contributed by atoms with Gasteiger partial charge in [-0.3, -0.25) is 4.98 Å². The summed E-state index contributed by atoms with van der Waals surface area (Å²) in [4.78, 5) is 8.50. The first kappa shape index (κ1) is 15.4. The molecule has 2 aromatic rings. The molecule has 0 aromatic carbocycles. The summed E-state index contributed by atoms with van der Waals surface area (Å²) in [6, 6.07) is 8.47. The minimum atomic E-state index is -3.58. The van der Waals surface area contributed by atoms with Gasteiger partial charge in [0, 0.05) is 24.5 Å². The Morgan fingerprint density at radius 3 is 2.76 bits per heavy atom. The summed E-state index contributed by atoms with van der Waals surface area (Å²) in [5.74, 6) is 0.536. The van der Waals surface area contributed by atoms with E-state index < -0.39 is 10.0 Å². The fraction of sp³-hybridized carbons (Fsp3) is 0.286. The average molecular weight is 306 g/mol. The summed E-state index contributed by atoms with van der Waals surface area (Å²) < 4.78 is 27.0. The second-order valence-corrected chi connectivity index (χ2v) is 6.27. The van der Waals surface area contributed by atoms with E-state index in [0.29, 0.717) is 18.1 Å². The quantitative estimate of drug-likeness (QED) is 0.848. The number of hydrogen-bond acceptors (Lipinski definition) is 5. The third-order valence-corrected chi connectivity index (χ3v) is 4.19. The first-order chi connectivity index (χ1) is 10.0. The molecule has 0 unspecified atom stereocenters. The van der Waals surface area contributed by atoms with Crippen LogP contribution in [0.4, 0.5) is 5.82 Å².